The highest BCUT2D eigenvalue weighted by atomic mass is 32.2. The molecule has 1 rings (SSSR count). The standard InChI is InChI=1S/C13H19NO4S/c1-4-10(2)8-19(16,17)9-12-11(13(15)18-3)6-5-7-14-12/h5-7,10H,4,8-9H2,1-3H3. The Bertz CT molecular complexity index is 539. The zero-order valence-corrected chi connectivity index (χ0v) is 12.2. The third kappa shape index (κ3) is 4.63. The minimum absolute atomic E-state index is 0.0929. The van der Waals surface area contributed by atoms with Gasteiger partial charge >= 0.3 is 5.97 Å². The molecule has 1 unspecified atom stereocenters. The van der Waals surface area contributed by atoms with Gasteiger partial charge in [-0.1, -0.05) is 20.3 Å². The van der Waals surface area contributed by atoms with Crippen molar-refractivity contribution in [1.82, 2.24) is 4.98 Å². The van der Waals surface area contributed by atoms with E-state index in [0.717, 1.165) is 6.42 Å². The van der Waals surface area contributed by atoms with Crippen molar-refractivity contribution in [3.05, 3.63) is 29.6 Å². The molecule has 6 heteroatoms. The Balaban J connectivity index is 2.96. The molecule has 0 aliphatic rings. The molecule has 0 saturated heterocycles. The fourth-order valence-corrected chi connectivity index (χ4v) is 3.53. The molecule has 1 atom stereocenters. The predicted molar refractivity (Wildman–Crippen MR) is 72.5 cm³/mol. The third-order valence-electron chi connectivity index (χ3n) is 2.89. The zero-order valence-electron chi connectivity index (χ0n) is 11.4. The van der Waals surface area contributed by atoms with Crippen molar-refractivity contribution >= 4 is 15.8 Å². The Morgan fingerprint density at radius 1 is 1.47 bits per heavy atom. The minimum Gasteiger partial charge on any atom is -0.465 e. The van der Waals surface area contributed by atoms with Crippen molar-refractivity contribution in [1.29, 1.82) is 0 Å². The van der Waals surface area contributed by atoms with Gasteiger partial charge in [-0.05, 0) is 18.1 Å². The fraction of sp³-hybridized carbons (Fsp3) is 0.538. The van der Waals surface area contributed by atoms with Gasteiger partial charge in [0.25, 0.3) is 0 Å². The van der Waals surface area contributed by atoms with E-state index in [1.54, 1.807) is 6.07 Å². The van der Waals surface area contributed by atoms with Crippen LogP contribution in [0.25, 0.3) is 0 Å². The van der Waals surface area contributed by atoms with Crippen LogP contribution in [0, 0.1) is 5.92 Å². The number of aromatic nitrogens is 1. The number of nitrogens with zero attached hydrogens (tertiary/aromatic N) is 1. The first-order chi connectivity index (χ1) is 8.89. The van der Waals surface area contributed by atoms with Gasteiger partial charge in [0, 0.05) is 6.20 Å². The second-order valence-corrected chi connectivity index (χ2v) is 6.67. The van der Waals surface area contributed by atoms with E-state index in [1.807, 2.05) is 13.8 Å². The Morgan fingerprint density at radius 2 is 2.16 bits per heavy atom. The second kappa shape index (κ2) is 6.65. The van der Waals surface area contributed by atoms with Crippen LogP contribution >= 0.6 is 0 Å². The molecular formula is C13H19NO4S. The SMILES string of the molecule is CCC(C)CS(=O)(=O)Cc1ncccc1C(=O)OC. The Morgan fingerprint density at radius 3 is 2.74 bits per heavy atom. The van der Waals surface area contributed by atoms with E-state index < -0.39 is 15.8 Å². The highest BCUT2D eigenvalue weighted by Crippen LogP contribution is 2.14. The average Bonchev–Trinajstić information content (AvgIpc) is 2.37. The first-order valence-corrected chi connectivity index (χ1v) is 7.94. The summed E-state index contributed by atoms with van der Waals surface area (Å²) in [5.74, 6) is -0.610. The smallest absolute Gasteiger partial charge is 0.339 e. The molecule has 1 aromatic heterocycles. The van der Waals surface area contributed by atoms with Gasteiger partial charge in [0.1, 0.15) is 0 Å². The van der Waals surface area contributed by atoms with Crippen LogP contribution in [-0.2, 0) is 20.3 Å². The third-order valence-corrected chi connectivity index (χ3v) is 4.68. The van der Waals surface area contributed by atoms with Gasteiger partial charge in [-0.15, -0.1) is 0 Å². The lowest BCUT2D eigenvalue weighted by molar-refractivity contribution is 0.0599. The van der Waals surface area contributed by atoms with E-state index in [1.165, 1.54) is 19.4 Å². The number of ether oxygens (including phenoxy) is 1. The summed E-state index contributed by atoms with van der Waals surface area (Å²) in [5, 5.41) is 0. The molecule has 106 valence electrons. The van der Waals surface area contributed by atoms with Gasteiger partial charge in [-0.3, -0.25) is 4.98 Å². The summed E-state index contributed by atoms with van der Waals surface area (Å²) in [4.78, 5) is 15.5. The fourth-order valence-electron chi connectivity index (χ4n) is 1.67. The lowest BCUT2D eigenvalue weighted by Crippen LogP contribution is -2.18. The highest BCUT2D eigenvalue weighted by Gasteiger charge is 2.21. The van der Waals surface area contributed by atoms with Gasteiger partial charge in [-0.25, -0.2) is 13.2 Å². The topological polar surface area (TPSA) is 73.3 Å². The summed E-state index contributed by atoms with van der Waals surface area (Å²) in [7, 11) is -2.02. The van der Waals surface area contributed by atoms with Crippen LogP contribution < -0.4 is 0 Å². The van der Waals surface area contributed by atoms with Crippen molar-refractivity contribution in [3.8, 4) is 0 Å². The molecule has 0 aliphatic carbocycles. The van der Waals surface area contributed by atoms with Crippen LogP contribution in [0.5, 0.6) is 0 Å². The normalized spacial score (nSPS) is 13.0. The molecule has 0 bridgehead atoms. The number of carbonyl (C=O) groups excluding carboxylic acids is 1. The van der Waals surface area contributed by atoms with Crippen molar-refractivity contribution in [2.75, 3.05) is 12.9 Å². The molecule has 0 N–H and O–H groups in total. The van der Waals surface area contributed by atoms with Crippen LogP contribution in [0.3, 0.4) is 0 Å². The summed E-state index contributed by atoms with van der Waals surface area (Å²) >= 11 is 0. The number of rotatable bonds is 6. The summed E-state index contributed by atoms with van der Waals surface area (Å²) in [6.07, 6.45) is 2.27. The first-order valence-electron chi connectivity index (χ1n) is 6.12. The summed E-state index contributed by atoms with van der Waals surface area (Å²) in [6, 6.07) is 3.10. The predicted octanol–water partition coefficient (Wildman–Crippen LogP) is 1.83. The maximum atomic E-state index is 12.0. The summed E-state index contributed by atoms with van der Waals surface area (Å²) in [5.41, 5.74) is 0.454. The second-order valence-electron chi connectivity index (χ2n) is 4.56. The minimum atomic E-state index is -3.28. The van der Waals surface area contributed by atoms with Crippen molar-refractivity contribution in [2.24, 2.45) is 5.92 Å². The zero-order chi connectivity index (χ0) is 14.5. The van der Waals surface area contributed by atoms with E-state index in [9.17, 15) is 13.2 Å². The van der Waals surface area contributed by atoms with Crippen LogP contribution in [0.2, 0.25) is 0 Å². The Labute approximate surface area is 113 Å². The molecule has 5 nitrogen and oxygen atoms in total. The number of carbonyl (C=O) groups is 1. The van der Waals surface area contributed by atoms with Crippen molar-refractivity contribution < 1.29 is 17.9 Å². The quantitative estimate of drug-likeness (QED) is 0.745. The van der Waals surface area contributed by atoms with E-state index in [2.05, 4.69) is 9.72 Å². The maximum Gasteiger partial charge on any atom is 0.339 e. The first kappa shape index (κ1) is 15.6. The molecule has 1 aromatic rings. The number of pyridine rings is 1. The van der Waals surface area contributed by atoms with Crippen molar-refractivity contribution in [3.63, 3.8) is 0 Å². The summed E-state index contributed by atoms with van der Waals surface area (Å²) < 4.78 is 28.7. The van der Waals surface area contributed by atoms with Crippen LogP contribution in [-0.4, -0.2) is 32.2 Å². The maximum absolute atomic E-state index is 12.0. The molecule has 0 spiro atoms. The van der Waals surface area contributed by atoms with Crippen LogP contribution in [0.1, 0.15) is 36.3 Å². The van der Waals surface area contributed by atoms with Gasteiger partial charge in [-0.2, -0.15) is 0 Å². The summed E-state index contributed by atoms with van der Waals surface area (Å²) in [6.45, 7) is 3.83. The molecule has 0 aliphatic heterocycles. The van der Waals surface area contributed by atoms with Crippen LogP contribution in [0.4, 0.5) is 0 Å². The number of hydrogen-bond donors (Lipinski definition) is 0. The largest absolute Gasteiger partial charge is 0.465 e. The molecule has 0 fully saturated rings. The molecule has 0 saturated carbocycles. The van der Waals surface area contributed by atoms with Gasteiger partial charge < -0.3 is 4.74 Å². The van der Waals surface area contributed by atoms with E-state index in [0.29, 0.717) is 0 Å². The Kier molecular flexibility index (Phi) is 5.47. The van der Waals surface area contributed by atoms with Crippen LogP contribution in [0.15, 0.2) is 18.3 Å². The van der Waals surface area contributed by atoms with E-state index in [4.69, 9.17) is 0 Å². The molecular weight excluding hydrogens is 266 g/mol. The monoisotopic (exact) mass is 285 g/mol. The molecule has 0 amide bonds. The lowest BCUT2D eigenvalue weighted by atomic mass is 10.2. The van der Waals surface area contributed by atoms with E-state index >= 15 is 0 Å². The number of sulfone groups is 1. The lowest BCUT2D eigenvalue weighted by Gasteiger charge is -2.10. The van der Waals surface area contributed by atoms with Crippen molar-refractivity contribution in [2.45, 2.75) is 26.0 Å². The van der Waals surface area contributed by atoms with Gasteiger partial charge in [0.05, 0.1) is 29.9 Å². The molecule has 0 radical (unpaired) electrons. The number of methoxy groups -OCH3 is 1. The van der Waals surface area contributed by atoms with Gasteiger partial charge in [0.15, 0.2) is 9.84 Å². The Hall–Kier alpha value is -1.43. The number of hydrogen-bond acceptors (Lipinski definition) is 5. The number of esters is 1. The molecule has 1 heterocycles. The van der Waals surface area contributed by atoms with Gasteiger partial charge in [0.2, 0.25) is 0 Å². The average molecular weight is 285 g/mol. The highest BCUT2D eigenvalue weighted by molar-refractivity contribution is 7.90. The van der Waals surface area contributed by atoms with E-state index in [-0.39, 0.29) is 28.7 Å². The molecule has 19 heavy (non-hydrogen) atoms. The molecule has 0 aromatic carbocycles.